The molecule has 6 nitrogen and oxygen atoms in total. The van der Waals surface area contributed by atoms with Gasteiger partial charge in [-0.2, -0.15) is 5.26 Å². The first-order chi connectivity index (χ1) is 17.4. The molecule has 3 aliphatic rings. The molecule has 2 aromatic carbocycles. The summed E-state index contributed by atoms with van der Waals surface area (Å²) in [6, 6.07) is 16.6. The van der Waals surface area contributed by atoms with Crippen LogP contribution in [-0.2, 0) is 17.8 Å². The van der Waals surface area contributed by atoms with Crippen molar-refractivity contribution in [3.63, 3.8) is 0 Å². The lowest BCUT2D eigenvalue weighted by Gasteiger charge is -2.43. The van der Waals surface area contributed by atoms with E-state index in [-0.39, 0.29) is 17.6 Å². The van der Waals surface area contributed by atoms with Crippen LogP contribution in [0.5, 0.6) is 0 Å². The first-order valence-electron chi connectivity index (χ1n) is 12.8. The number of hydrogen-bond acceptors (Lipinski definition) is 5. The Morgan fingerprint density at radius 1 is 1.11 bits per heavy atom. The van der Waals surface area contributed by atoms with Gasteiger partial charge >= 0.3 is 0 Å². The van der Waals surface area contributed by atoms with Crippen LogP contribution in [0.15, 0.2) is 59.4 Å². The Morgan fingerprint density at radius 3 is 2.61 bits per heavy atom. The van der Waals surface area contributed by atoms with E-state index in [9.17, 15) is 10.1 Å². The Morgan fingerprint density at radius 2 is 1.92 bits per heavy atom. The van der Waals surface area contributed by atoms with Gasteiger partial charge in [-0.1, -0.05) is 30.3 Å². The Labute approximate surface area is 212 Å². The summed E-state index contributed by atoms with van der Waals surface area (Å²) < 4.78 is 11.4. The lowest BCUT2D eigenvalue weighted by Crippen LogP contribution is -2.51. The molecule has 36 heavy (non-hydrogen) atoms. The molecular weight excluding hydrogens is 450 g/mol. The van der Waals surface area contributed by atoms with Gasteiger partial charge in [0.2, 0.25) is 0 Å². The van der Waals surface area contributed by atoms with Crippen LogP contribution in [0.2, 0.25) is 0 Å². The number of amides is 1. The van der Waals surface area contributed by atoms with Crippen molar-refractivity contribution in [1.82, 2.24) is 4.90 Å². The molecule has 1 amide bonds. The van der Waals surface area contributed by atoms with E-state index in [4.69, 9.17) is 9.15 Å². The third-order valence-electron chi connectivity index (χ3n) is 7.84. The first kappa shape index (κ1) is 22.9. The molecule has 1 saturated carbocycles. The second-order valence-electron chi connectivity index (χ2n) is 10.8. The quantitative estimate of drug-likeness (QED) is 0.486. The highest BCUT2D eigenvalue weighted by atomic mass is 16.5. The van der Waals surface area contributed by atoms with Crippen LogP contribution < -0.4 is 4.90 Å². The summed E-state index contributed by atoms with van der Waals surface area (Å²) in [7, 11) is 0. The van der Waals surface area contributed by atoms with E-state index in [0.29, 0.717) is 37.7 Å². The van der Waals surface area contributed by atoms with Gasteiger partial charge in [0.1, 0.15) is 12.3 Å². The number of rotatable bonds is 4. The molecule has 1 aliphatic carbocycles. The van der Waals surface area contributed by atoms with Gasteiger partial charge in [-0.15, -0.1) is 0 Å². The third-order valence-corrected chi connectivity index (χ3v) is 7.84. The van der Waals surface area contributed by atoms with E-state index in [1.807, 2.05) is 23.1 Å². The molecule has 0 N–H and O–H groups in total. The maximum Gasteiger partial charge on any atom is 0.257 e. The molecule has 1 atom stereocenters. The highest BCUT2D eigenvalue weighted by Gasteiger charge is 2.38. The van der Waals surface area contributed by atoms with Gasteiger partial charge in [0.05, 0.1) is 41.3 Å². The number of piperazine rings is 1. The molecular formula is C30H31N3O3. The maximum absolute atomic E-state index is 13.4. The summed E-state index contributed by atoms with van der Waals surface area (Å²) in [6.45, 7) is 6.65. The molecule has 0 spiro atoms. The second-order valence-corrected chi connectivity index (χ2v) is 10.8. The van der Waals surface area contributed by atoms with Crippen LogP contribution in [0.25, 0.3) is 0 Å². The number of carbonyl (C=O) groups is 1. The predicted octanol–water partition coefficient (Wildman–Crippen LogP) is 5.58. The van der Waals surface area contributed by atoms with Crippen molar-refractivity contribution >= 4 is 11.6 Å². The highest BCUT2D eigenvalue weighted by molar-refractivity contribution is 5.94. The zero-order chi connectivity index (χ0) is 24.9. The van der Waals surface area contributed by atoms with Crippen LogP contribution in [0, 0.1) is 11.3 Å². The molecule has 0 bridgehead atoms. The molecule has 1 aromatic heterocycles. The smallest absolute Gasteiger partial charge is 0.257 e. The monoisotopic (exact) mass is 481 g/mol. The fourth-order valence-corrected chi connectivity index (χ4v) is 5.79. The first-order valence-corrected chi connectivity index (χ1v) is 12.8. The predicted molar refractivity (Wildman–Crippen MR) is 137 cm³/mol. The molecule has 2 fully saturated rings. The van der Waals surface area contributed by atoms with Gasteiger partial charge < -0.3 is 19.0 Å². The zero-order valence-corrected chi connectivity index (χ0v) is 20.9. The van der Waals surface area contributed by atoms with E-state index in [1.165, 1.54) is 36.5 Å². The number of hydrogen-bond donors (Lipinski definition) is 0. The van der Waals surface area contributed by atoms with Crippen molar-refractivity contribution in [3.05, 3.63) is 88.4 Å². The topological polar surface area (TPSA) is 69.7 Å². The standard InChI is InChI=1S/C30H31N3O3/c1-30(2)15-24-25(16-31)27(14-23(20-8-9-20)26(24)19-36-30)32-11-12-33(29(34)22-10-13-35-18-22)28(17-32)21-6-4-3-5-7-21/h3-7,10,13-14,18,20,28H,8-9,11-12,15,17,19H2,1-2H3. The summed E-state index contributed by atoms with van der Waals surface area (Å²) in [6.07, 6.45) is 6.18. The summed E-state index contributed by atoms with van der Waals surface area (Å²) in [5.41, 5.74) is 6.87. The molecule has 1 saturated heterocycles. The lowest BCUT2D eigenvalue weighted by molar-refractivity contribution is -0.0405. The van der Waals surface area contributed by atoms with Crippen molar-refractivity contribution in [2.75, 3.05) is 24.5 Å². The molecule has 6 heteroatoms. The Bertz CT molecular complexity index is 1320. The van der Waals surface area contributed by atoms with Gasteiger partial charge in [-0.05, 0) is 67.0 Å². The van der Waals surface area contributed by atoms with Gasteiger partial charge in [0, 0.05) is 26.1 Å². The molecule has 0 radical (unpaired) electrons. The van der Waals surface area contributed by atoms with Crippen molar-refractivity contribution in [1.29, 1.82) is 5.26 Å². The van der Waals surface area contributed by atoms with E-state index >= 15 is 0 Å². The van der Waals surface area contributed by atoms with Crippen LogP contribution in [0.1, 0.15) is 76.8 Å². The van der Waals surface area contributed by atoms with Crippen LogP contribution >= 0.6 is 0 Å². The normalized spacial score (nSPS) is 21.1. The van der Waals surface area contributed by atoms with Crippen LogP contribution in [0.3, 0.4) is 0 Å². The van der Waals surface area contributed by atoms with Crippen LogP contribution in [0.4, 0.5) is 5.69 Å². The molecule has 6 rings (SSSR count). The van der Waals surface area contributed by atoms with Crippen molar-refractivity contribution in [2.45, 2.75) is 57.3 Å². The lowest BCUT2D eigenvalue weighted by atomic mass is 9.84. The second kappa shape index (κ2) is 8.83. The number of nitrogens with zero attached hydrogens (tertiary/aromatic N) is 3. The van der Waals surface area contributed by atoms with E-state index in [2.05, 4.69) is 43.0 Å². The Hall–Kier alpha value is -3.56. The number of carbonyl (C=O) groups excluding carboxylic acids is 1. The van der Waals surface area contributed by atoms with E-state index in [1.54, 1.807) is 6.07 Å². The number of benzene rings is 2. The van der Waals surface area contributed by atoms with Gasteiger partial charge in [-0.3, -0.25) is 4.79 Å². The summed E-state index contributed by atoms with van der Waals surface area (Å²) in [5, 5.41) is 10.4. The minimum atomic E-state index is -0.291. The Balaban J connectivity index is 1.41. The Kier molecular flexibility index (Phi) is 5.61. The van der Waals surface area contributed by atoms with Gasteiger partial charge in [0.25, 0.3) is 5.91 Å². The van der Waals surface area contributed by atoms with Gasteiger partial charge in [0.15, 0.2) is 0 Å². The summed E-state index contributed by atoms with van der Waals surface area (Å²) in [4.78, 5) is 17.7. The van der Waals surface area contributed by atoms with E-state index < -0.39 is 0 Å². The number of anilines is 1. The number of fused-ring (bicyclic) bond motifs is 1. The molecule has 1 unspecified atom stereocenters. The highest BCUT2D eigenvalue weighted by Crippen LogP contribution is 2.48. The number of ether oxygens (including phenoxy) is 1. The maximum atomic E-state index is 13.4. The average Bonchev–Trinajstić information content (AvgIpc) is 3.59. The minimum Gasteiger partial charge on any atom is -0.472 e. The minimum absolute atomic E-state index is 0.0271. The molecule has 184 valence electrons. The van der Waals surface area contributed by atoms with Crippen molar-refractivity contribution in [2.24, 2.45) is 0 Å². The van der Waals surface area contributed by atoms with Gasteiger partial charge in [-0.25, -0.2) is 0 Å². The average molecular weight is 482 g/mol. The summed E-state index contributed by atoms with van der Waals surface area (Å²) in [5.74, 6) is 0.532. The number of furan rings is 1. The van der Waals surface area contributed by atoms with Crippen LogP contribution in [-0.4, -0.2) is 36.0 Å². The molecule has 3 heterocycles. The van der Waals surface area contributed by atoms with Crippen molar-refractivity contribution in [3.8, 4) is 6.07 Å². The summed E-state index contributed by atoms with van der Waals surface area (Å²) >= 11 is 0. The van der Waals surface area contributed by atoms with E-state index in [0.717, 1.165) is 28.8 Å². The third kappa shape index (κ3) is 4.08. The SMILES string of the molecule is CC1(C)Cc2c(C#N)c(N3CCN(C(=O)c4ccoc4)C(c4ccccc4)C3)cc(C3CC3)c2CO1. The largest absolute Gasteiger partial charge is 0.472 e. The van der Waals surface area contributed by atoms with Crippen molar-refractivity contribution < 1.29 is 13.9 Å². The number of nitriles is 1. The fraction of sp³-hybridized carbons (Fsp3) is 0.400. The molecule has 3 aromatic rings. The zero-order valence-electron chi connectivity index (χ0n) is 20.9. The fourth-order valence-electron chi connectivity index (χ4n) is 5.79. The molecule has 2 aliphatic heterocycles.